The number of esters is 1. The second-order valence-electron chi connectivity index (χ2n) is 5.44. The van der Waals surface area contributed by atoms with E-state index in [1.54, 1.807) is 0 Å². The highest BCUT2D eigenvalue weighted by Crippen LogP contribution is 2.36. The Morgan fingerprint density at radius 2 is 2.00 bits per heavy atom. The van der Waals surface area contributed by atoms with E-state index in [-0.39, 0.29) is 17.8 Å². The van der Waals surface area contributed by atoms with E-state index in [0.29, 0.717) is 17.2 Å². The van der Waals surface area contributed by atoms with Gasteiger partial charge in [-0.1, -0.05) is 45.4 Å². The number of thiophene rings is 1. The average molecular weight is 319 g/mol. The third kappa shape index (κ3) is 3.65. The molecule has 0 fully saturated rings. The first-order chi connectivity index (χ1) is 10.5. The Bertz CT molecular complexity index is 676. The second-order valence-corrected chi connectivity index (χ2v) is 6.49. The highest BCUT2D eigenvalue weighted by Gasteiger charge is 2.22. The summed E-state index contributed by atoms with van der Waals surface area (Å²) in [5.74, 6) is -0.617. The highest BCUT2D eigenvalue weighted by atomic mass is 32.1. The molecule has 0 aliphatic carbocycles. The van der Waals surface area contributed by atoms with E-state index >= 15 is 0 Å². The molecule has 0 unspecified atom stereocenters. The lowest BCUT2D eigenvalue weighted by Gasteiger charge is -2.09. The predicted molar refractivity (Wildman–Crippen MR) is 90.5 cm³/mol. The van der Waals surface area contributed by atoms with Crippen LogP contribution in [-0.4, -0.2) is 18.5 Å². The van der Waals surface area contributed by atoms with Crippen LogP contribution in [0.3, 0.4) is 0 Å². The third-order valence-electron chi connectivity index (χ3n) is 3.29. The summed E-state index contributed by atoms with van der Waals surface area (Å²) in [5, 5.41) is 4.25. The lowest BCUT2D eigenvalue weighted by atomic mass is 10.1. The van der Waals surface area contributed by atoms with Crippen molar-refractivity contribution in [2.24, 2.45) is 5.92 Å². The van der Waals surface area contributed by atoms with Crippen molar-refractivity contribution in [3.8, 4) is 0 Å². The molecule has 118 valence electrons. The first-order valence-electron chi connectivity index (χ1n) is 7.54. The van der Waals surface area contributed by atoms with Gasteiger partial charge >= 0.3 is 5.97 Å². The zero-order chi connectivity index (χ0) is 16.1. The minimum Gasteiger partial charge on any atom is -0.462 e. The molecule has 0 aliphatic heterocycles. The Morgan fingerprint density at radius 1 is 1.27 bits per heavy atom. The average Bonchev–Trinajstić information content (AvgIpc) is 2.85. The van der Waals surface area contributed by atoms with Gasteiger partial charge in [0, 0.05) is 16.0 Å². The van der Waals surface area contributed by atoms with Crippen molar-refractivity contribution in [3.63, 3.8) is 0 Å². The van der Waals surface area contributed by atoms with E-state index in [4.69, 9.17) is 4.74 Å². The van der Waals surface area contributed by atoms with Crippen molar-refractivity contribution in [2.45, 2.75) is 33.6 Å². The van der Waals surface area contributed by atoms with Gasteiger partial charge in [0.2, 0.25) is 5.91 Å². The van der Waals surface area contributed by atoms with Gasteiger partial charge in [-0.3, -0.25) is 4.79 Å². The molecule has 0 saturated carbocycles. The largest absolute Gasteiger partial charge is 0.462 e. The summed E-state index contributed by atoms with van der Waals surface area (Å²) in [6, 6.07) is 7.62. The Hall–Kier alpha value is -1.88. The van der Waals surface area contributed by atoms with Gasteiger partial charge < -0.3 is 10.1 Å². The molecule has 1 heterocycles. The van der Waals surface area contributed by atoms with Crippen molar-refractivity contribution >= 4 is 38.3 Å². The first-order valence-corrected chi connectivity index (χ1v) is 8.35. The zero-order valence-electron chi connectivity index (χ0n) is 13.1. The molecule has 1 aromatic heterocycles. The van der Waals surface area contributed by atoms with Crippen LogP contribution in [0.15, 0.2) is 24.3 Å². The van der Waals surface area contributed by atoms with Gasteiger partial charge in [-0.05, 0) is 12.5 Å². The number of unbranched alkanes of at least 4 members (excludes halogenated alkanes) is 1. The van der Waals surface area contributed by atoms with Gasteiger partial charge in [0.1, 0.15) is 10.6 Å². The second kappa shape index (κ2) is 7.40. The number of carbonyl (C=O) groups is 2. The lowest BCUT2D eigenvalue weighted by molar-refractivity contribution is -0.118. The molecular formula is C17H21NO3S. The van der Waals surface area contributed by atoms with Crippen LogP contribution < -0.4 is 5.32 Å². The highest BCUT2D eigenvalue weighted by molar-refractivity contribution is 7.23. The molecule has 1 aromatic carbocycles. The summed E-state index contributed by atoms with van der Waals surface area (Å²) in [5.41, 5.74) is 0.464. The number of hydrogen-bond acceptors (Lipinski definition) is 4. The molecule has 0 bridgehead atoms. The molecule has 0 spiro atoms. The van der Waals surface area contributed by atoms with E-state index < -0.39 is 0 Å². The van der Waals surface area contributed by atoms with Crippen LogP contribution in [0.1, 0.15) is 44.0 Å². The van der Waals surface area contributed by atoms with Crippen LogP contribution >= 0.6 is 11.3 Å². The van der Waals surface area contributed by atoms with E-state index in [2.05, 4.69) is 5.32 Å². The predicted octanol–water partition coefficient (Wildman–Crippen LogP) is 4.45. The maximum Gasteiger partial charge on any atom is 0.341 e. The molecule has 22 heavy (non-hydrogen) atoms. The van der Waals surface area contributed by atoms with Crippen LogP contribution in [0.25, 0.3) is 10.1 Å². The Kier molecular flexibility index (Phi) is 5.55. The van der Waals surface area contributed by atoms with Crippen LogP contribution in [0.2, 0.25) is 0 Å². The summed E-state index contributed by atoms with van der Waals surface area (Å²) in [6.45, 7) is 6.09. The van der Waals surface area contributed by atoms with Gasteiger partial charge in [-0.15, -0.1) is 11.3 Å². The van der Waals surface area contributed by atoms with E-state index in [1.807, 2.05) is 45.0 Å². The third-order valence-corrected chi connectivity index (χ3v) is 4.38. The molecule has 1 N–H and O–H groups in total. The molecule has 2 rings (SSSR count). The van der Waals surface area contributed by atoms with Gasteiger partial charge in [0.15, 0.2) is 0 Å². The van der Waals surface area contributed by atoms with Crippen molar-refractivity contribution in [3.05, 3.63) is 29.8 Å². The van der Waals surface area contributed by atoms with Gasteiger partial charge in [0.05, 0.1) is 6.61 Å². The number of ether oxygens (including phenoxy) is 1. The topological polar surface area (TPSA) is 55.4 Å². The summed E-state index contributed by atoms with van der Waals surface area (Å²) in [6.07, 6.45) is 1.80. The summed E-state index contributed by atoms with van der Waals surface area (Å²) < 4.78 is 6.30. The molecule has 1 amide bonds. The van der Waals surface area contributed by atoms with Crippen LogP contribution in [0.5, 0.6) is 0 Å². The van der Waals surface area contributed by atoms with Crippen LogP contribution in [0, 0.1) is 5.92 Å². The number of fused-ring (bicyclic) bond motifs is 1. The molecule has 0 atom stereocenters. The standard InChI is InChI=1S/C17H21NO3S/c1-4-5-10-21-17(20)14-12-8-6-7-9-13(12)22-16(14)18-15(19)11(2)3/h6-9,11H,4-5,10H2,1-3H3,(H,18,19). The SMILES string of the molecule is CCCCOC(=O)c1c(NC(=O)C(C)C)sc2ccccc12. The maximum absolute atomic E-state index is 12.4. The van der Waals surface area contributed by atoms with Crippen LogP contribution in [0.4, 0.5) is 5.00 Å². The van der Waals surface area contributed by atoms with Gasteiger partial charge in [-0.2, -0.15) is 0 Å². The number of carbonyl (C=O) groups excluding carboxylic acids is 2. The number of rotatable bonds is 6. The zero-order valence-corrected chi connectivity index (χ0v) is 14.0. The number of benzene rings is 1. The van der Waals surface area contributed by atoms with Crippen molar-refractivity contribution in [1.82, 2.24) is 0 Å². The van der Waals surface area contributed by atoms with E-state index in [9.17, 15) is 9.59 Å². The Labute approximate surface area is 134 Å². The molecule has 5 heteroatoms. The number of nitrogens with one attached hydrogen (secondary N) is 1. The summed E-state index contributed by atoms with van der Waals surface area (Å²) in [4.78, 5) is 24.4. The molecule has 0 aliphatic rings. The Morgan fingerprint density at radius 3 is 2.68 bits per heavy atom. The molecular weight excluding hydrogens is 298 g/mol. The van der Waals surface area contributed by atoms with E-state index in [1.165, 1.54) is 11.3 Å². The number of amides is 1. The quantitative estimate of drug-likeness (QED) is 0.632. The fraction of sp³-hybridized carbons (Fsp3) is 0.412. The first kappa shape index (κ1) is 16.5. The van der Waals surface area contributed by atoms with Crippen LogP contribution in [-0.2, 0) is 9.53 Å². The van der Waals surface area contributed by atoms with Gasteiger partial charge in [-0.25, -0.2) is 4.79 Å². The fourth-order valence-corrected chi connectivity index (χ4v) is 3.07. The van der Waals surface area contributed by atoms with E-state index in [0.717, 1.165) is 22.9 Å². The van der Waals surface area contributed by atoms with Crippen molar-refractivity contribution in [2.75, 3.05) is 11.9 Å². The fourth-order valence-electron chi connectivity index (χ4n) is 1.97. The van der Waals surface area contributed by atoms with Crippen molar-refractivity contribution < 1.29 is 14.3 Å². The number of anilines is 1. The smallest absolute Gasteiger partial charge is 0.341 e. The minimum absolute atomic E-state index is 0.103. The molecule has 2 aromatic rings. The maximum atomic E-state index is 12.4. The van der Waals surface area contributed by atoms with Crippen molar-refractivity contribution in [1.29, 1.82) is 0 Å². The molecule has 0 radical (unpaired) electrons. The summed E-state index contributed by atoms with van der Waals surface area (Å²) in [7, 11) is 0. The molecule has 4 nitrogen and oxygen atoms in total. The van der Waals surface area contributed by atoms with Gasteiger partial charge in [0.25, 0.3) is 0 Å². The molecule has 0 saturated heterocycles. The minimum atomic E-state index is -0.370. The monoisotopic (exact) mass is 319 g/mol. The lowest BCUT2D eigenvalue weighted by Crippen LogP contribution is -2.19. The Balaban J connectivity index is 2.35. The normalized spacial score (nSPS) is 10.9. The summed E-state index contributed by atoms with van der Waals surface area (Å²) >= 11 is 1.40. The number of hydrogen-bond donors (Lipinski definition) is 1.